The van der Waals surface area contributed by atoms with E-state index < -0.39 is 33.0 Å². The molecule has 1 heterocycles. The van der Waals surface area contributed by atoms with E-state index in [-0.39, 0.29) is 58.3 Å². The normalized spacial score (nSPS) is 37.5. The maximum atomic E-state index is 12.2. The van der Waals surface area contributed by atoms with Crippen LogP contribution in [0.2, 0.25) is 0 Å². The summed E-state index contributed by atoms with van der Waals surface area (Å²) in [5, 5.41) is 3.70. The number of hydrogen-bond acceptors (Lipinski definition) is 8. The molecule has 0 aromatic heterocycles. The van der Waals surface area contributed by atoms with E-state index in [1.807, 2.05) is 30.9 Å². The van der Waals surface area contributed by atoms with Crippen molar-refractivity contribution in [3.8, 4) is 0 Å². The molecule has 1 aliphatic heterocycles. The fourth-order valence-electron chi connectivity index (χ4n) is 10.4. The van der Waals surface area contributed by atoms with Crippen molar-refractivity contribution in [3.05, 3.63) is 23.8 Å². The second-order valence-electron chi connectivity index (χ2n) is 15.8. The monoisotopic (exact) mass is 700 g/mol. The van der Waals surface area contributed by atoms with E-state index in [2.05, 4.69) is 26.1 Å². The van der Waals surface area contributed by atoms with Crippen molar-refractivity contribution in [1.29, 1.82) is 0 Å². The van der Waals surface area contributed by atoms with Crippen molar-refractivity contribution in [2.45, 2.75) is 117 Å². The first-order valence-corrected chi connectivity index (χ1v) is 20.4. The predicted octanol–water partition coefficient (Wildman–Crippen LogP) is 5.37. The number of carbonyl (C=O) groups excluding carboxylic acids is 1. The van der Waals surface area contributed by atoms with Crippen LogP contribution in [-0.4, -0.2) is 74.6 Å². The second kappa shape index (κ2) is 14.1. The van der Waals surface area contributed by atoms with E-state index in [9.17, 15) is 30.7 Å². The van der Waals surface area contributed by atoms with E-state index >= 15 is 0 Å². The van der Waals surface area contributed by atoms with E-state index in [0.29, 0.717) is 6.42 Å². The van der Waals surface area contributed by atoms with E-state index in [1.165, 1.54) is 5.57 Å². The summed E-state index contributed by atoms with van der Waals surface area (Å²) < 4.78 is 76.9. The molecule has 1 amide bonds. The van der Waals surface area contributed by atoms with Gasteiger partial charge in [-0.05, 0) is 111 Å². The third-order valence-corrected chi connectivity index (χ3v) is 13.7. The molecule has 3 saturated carbocycles. The Morgan fingerprint density at radius 3 is 2.40 bits per heavy atom. The molecule has 1 saturated heterocycles. The number of amides is 1. The summed E-state index contributed by atoms with van der Waals surface area (Å²) in [6, 6.07) is 0.267. The van der Waals surface area contributed by atoms with Crippen molar-refractivity contribution >= 4 is 26.7 Å². The van der Waals surface area contributed by atoms with Gasteiger partial charge in [0.1, 0.15) is 6.10 Å². The molecule has 5 aliphatic rings. The highest BCUT2D eigenvalue weighted by atomic mass is 32.3. The summed E-state index contributed by atoms with van der Waals surface area (Å²) in [6.07, 6.45) is 13.4. The molecule has 11 nitrogen and oxygen atoms in total. The molecule has 0 radical (unpaired) electrons. The van der Waals surface area contributed by atoms with Crippen molar-refractivity contribution in [3.63, 3.8) is 0 Å². The number of carbonyl (C=O) groups is 1. The minimum absolute atomic E-state index is 0.0561. The van der Waals surface area contributed by atoms with Gasteiger partial charge < -0.3 is 10.2 Å². The molecule has 0 bridgehead atoms. The summed E-state index contributed by atoms with van der Waals surface area (Å²) in [7, 11) is -9.27. The topological polar surface area (TPSA) is 160 Å². The van der Waals surface area contributed by atoms with Crippen LogP contribution in [0.3, 0.4) is 0 Å². The molecule has 3 N–H and O–H groups in total. The Morgan fingerprint density at radius 1 is 1.02 bits per heavy atom. The van der Waals surface area contributed by atoms with Crippen molar-refractivity contribution in [2.24, 2.45) is 46.3 Å². The van der Waals surface area contributed by atoms with Gasteiger partial charge in [0.2, 0.25) is 5.91 Å². The molecule has 4 fully saturated rings. The van der Waals surface area contributed by atoms with Crippen LogP contribution in [0.25, 0.3) is 0 Å². The number of fused-ring (bicyclic) bond motifs is 5. The van der Waals surface area contributed by atoms with Crippen LogP contribution in [0.5, 0.6) is 0 Å². The molecule has 13 heteroatoms. The largest absolute Gasteiger partial charge is 0.397 e. The van der Waals surface area contributed by atoms with Gasteiger partial charge in [-0.2, -0.15) is 16.8 Å². The van der Waals surface area contributed by atoms with Crippen LogP contribution >= 0.6 is 0 Å². The van der Waals surface area contributed by atoms with Crippen molar-refractivity contribution in [1.82, 2.24) is 10.2 Å². The van der Waals surface area contributed by atoms with Gasteiger partial charge in [0, 0.05) is 25.6 Å². The number of allylic oxidation sites excluding steroid dienone is 1. The predicted molar refractivity (Wildman–Crippen MR) is 179 cm³/mol. The van der Waals surface area contributed by atoms with Crippen LogP contribution in [0.1, 0.15) is 98.8 Å². The maximum absolute atomic E-state index is 12.2. The smallest absolute Gasteiger partial charge is 0.343 e. The van der Waals surface area contributed by atoms with Gasteiger partial charge in [-0.25, -0.2) is 8.37 Å². The third kappa shape index (κ3) is 8.18. The summed E-state index contributed by atoms with van der Waals surface area (Å²) in [5.41, 5.74) is 1.05. The fraction of sp³-hybridized carbons (Fsp3) is 0.853. The molecular formula is C34H56N2O9S2. The van der Waals surface area contributed by atoms with Crippen molar-refractivity contribution in [2.75, 3.05) is 19.6 Å². The van der Waals surface area contributed by atoms with E-state index in [1.54, 1.807) is 6.08 Å². The standard InChI is InChI=1S/C34H56N2O9S2/c1-22(2)29(44-46(38,39)40)12-9-23(3)26-10-11-27-32-28(14-16-34(26,27)5)33(4)15-13-25(20-24(33)21-30(32)45-47(41,42)43)35-17-7-19-36-18-6-8-31(36)37/h9,12,21-23,25-30,32,35H,6-8,10-11,13-20H2,1-5H3,(H,38,39,40)(H,41,42,43)/b12-9+/t23-,25+,26-,27+,28+,29+,30-,32+,33+,34-/m1/s1. The number of hydrogen-bond donors (Lipinski definition) is 3. The number of rotatable bonds is 13. The third-order valence-electron chi connectivity index (χ3n) is 12.8. The van der Waals surface area contributed by atoms with Crippen LogP contribution in [0, 0.1) is 46.3 Å². The van der Waals surface area contributed by atoms with Gasteiger partial charge in [-0.15, -0.1) is 0 Å². The first-order chi connectivity index (χ1) is 21.9. The van der Waals surface area contributed by atoms with E-state index in [0.717, 1.165) is 77.4 Å². The van der Waals surface area contributed by atoms with Gasteiger partial charge in [0.05, 0.1) is 6.10 Å². The number of nitrogens with one attached hydrogen (secondary N) is 1. The summed E-state index contributed by atoms with van der Waals surface area (Å²) in [4.78, 5) is 13.9. The van der Waals surface area contributed by atoms with Gasteiger partial charge in [-0.3, -0.25) is 13.9 Å². The SMILES string of the molecule is CC(C)[C@H](/C=C/[C@@H](C)[C@H]1CC[C@H]2[C@@H]3[C@H](OS(=O)(=O)O)C=C4C[C@@H](NCCCN5CCCC5=O)CC[C@]4(C)[C@H]3CC[C@]12C)OS(=O)(=O)O. The average Bonchev–Trinajstić information content (AvgIpc) is 3.54. The Bertz CT molecular complexity index is 1430. The van der Waals surface area contributed by atoms with Crippen molar-refractivity contribution < 1.29 is 39.1 Å². The summed E-state index contributed by atoms with van der Waals surface area (Å²) in [6.45, 7) is 12.9. The van der Waals surface area contributed by atoms with Gasteiger partial charge in [-0.1, -0.05) is 58.4 Å². The highest BCUT2D eigenvalue weighted by molar-refractivity contribution is 7.81. The second-order valence-corrected chi connectivity index (χ2v) is 17.9. The van der Waals surface area contributed by atoms with Crippen LogP contribution in [0.15, 0.2) is 23.8 Å². The minimum Gasteiger partial charge on any atom is -0.343 e. The quantitative estimate of drug-likeness (QED) is 0.130. The lowest BCUT2D eigenvalue weighted by molar-refractivity contribution is -0.127. The molecule has 0 unspecified atom stereocenters. The first kappa shape index (κ1) is 36.9. The van der Waals surface area contributed by atoms with Gasteiger partial charge >= 0.3 is 20.8 Å². The Balaban J connectivity index is 1.32. The molecule has 4 aliphatic carbocycles. The lowest BCUT2D eigenvalue weighted by Gasteiger charge is -2.60. The maximum Gasteiger partial charge on any atom is 0.397 e. The molecule has 5 rings (SSSR count). The zero-order valence-electron chi connectivity index (χ0n) is 28.6. The number of likely N-dealkylation sites (tertiary alicyclic amines) is 1. The van der Waals surface area contributed by atoms with Crippen LogP contribution in [0.4, 0.5) is 0 Å². The highest BCUT2D eigenvalue weighted by Gasteiger charge is 2.62. The Kier molecular flexibility index (Phi) is 11.1. The molecule has 0 spiro atoms. The lowest BCUT2D eigenvalue weighted by Crippen LogP contribution is -2.56. The number of nitrogens with zero attached hydrogens (tertiary/aromatic N) is 1. The fourth-order valence-corrected chi connectivity index (χ4v) is 11.4. The van der Waals surface area contributed by atoms with Crippen LogP contribution < -0.4 is 5.32 Å². The van der Waals surface area contributed by atoms with Gasteiger partial charge in [0.25, 0.3) is 0 Å². The molecule has 10 atom stereocenters. The highest BCUT2D eigenvalue weighted by Crippen LogP contribution is 2.67. The van der Waals surface area contributed by atoms with Crippen LogP contribution in [-0.2, 0) is 34.0 Å². The van der Waals surface area contributed by atoms with Gasteiger partial charge in [0.15, 0.2) is 0 Å². The summed E-state index contributed by atoms with van der Waals surface area (Å²) in [5.74, 6) is 0.844. The summed E-state index contributed by atoms with van der Waals surface area (Å²) >= 11 is 0. The Labute approximate surface area is 282 Å². The Hall–Kier alpha value is -1.35. The molecule has 268 valence electrons. The molecule has 47 heavy (non-hydrogen) atoms. The first-order valence-electron chi connectivity index (χ1n) is 17.6. The molecular weight excluding hydrogens is 645 g/mol. The van der Waals surface area contributed by atoms with E-state index in [4.69, 9.17) is 8.37 Å². The average molecular weight is 701 g/mol. The lowest BCUT2D eigenvalue weighted by atomic mass is 9.46. The zero-order chi connectivity index (χ0) is 34.4. The molecule has 0 aromatic carbocycles. The Morgan fingerprint density at radius 2 is 1.77 bits per heavy atom. The zero-order valence-corrected chi connectivity index (χ0v) is 30.3. The minimum atomic E-state index is -4.68. The molecule has 0 aromatic rings.